The van der Waals surface area contributed by atoms with Crippen molar-refractivity contribution in [1.29, 1.82) is 5.26 Å². The number of thioether (sulfide) groups is 1. The average molecular weight is 343 g/mol. The highest BCUT2D eigenvalue weighted by atomic mass is 32.2. The molecule has 0 spiro atoms. The summed E-state index contributed by atoms with van der Waals surface area (Å²) in [6, 6.07) is 11.9. The molecule has 6 nitrogen and oxygen atoms in total. The summed E-state index contributed by atoms with van der Waals surface area (Å²) in [6.45, 7) is 5.55. The van der Waals surface area contributed by atoms with Crippen molar-refractivity contribution >= 4 is 17.7 Å². The van der Waals surface area contributed by atoms with Crippen molar-refractivity contribution in [1.82, 2.24) is 20.1 Å². The van der Waals surface area contributed by atoms with Crippen molar-refractivity contribution in [3.63, 3.8) is 0 Å². The lowest BCUT2D eigenvalue weighted by Gasteiger charge is -2.27. The fraction of sp³-hybridized carbons (Fsp3) is 0.412. The van der Waals surface area contributed by atoms with Gasteiger partial charge in [-0.3, -0.25) is 4.79 Å². The molecule has 1 heterocycles. The van der Waals surface area contributed by atoms with Crippen LogP contribution < -0.4 is 5.32 Å². The molecular weight excluding hydrogens is 322 g/mol. The van der Waals surface area contributed by atoms with Crippen molar-refractivity contribution in [2.75, 3.05) is 5.75 Å². The second-order valence-electron chi connectivity index (χ2n) is 6.04. The van der Waals surface area contributed by atoms with E-state index in [2.05, 4.69) is 21.6 Å². The predicted octanol–water partition coefficient (Wildman–Crippen LogP) is 2.63. The van der Waals surface area contributed by atoms with E-state index in [1.165, 1.54) is 11.8 Å². The van der Waals surface area contributed by atoms with E-state index in [1.807, 2.05) is 55.8 Å². The van der Waals surface area contributed by atoms with Crippen molar-refractivity contribution < 1.29 is 4.79 Å². The van der Waals surface area contributed by atoms with E-state index in [9.17, 15) is 10.1 Å². The Morgan fingerprint density at radius 2 is 2.04 bits per heavy atom. The van der Waals surface area contributed by atoms with E-state index in [0.717, 1.165) is 11.4 Å². The van der Waals surface area contributed by atoms with Gasteiger partial charge in [0.1, 0.15) is 5.54 Å². The number of nitriles is 1. The highest BCUT2D eigenvalue weighted by Crippen LogP contribution is 2.22. The van der Waals surface area contributed by atoms with E-state index in [0.29, 0.717) is 5.16 Å². The Kier molecular flexibility index (Phi) is 5.62. The third-order valence-electron chi connectivity index (χ3n) is 3.99. The second-order valence-corrected chi connectivity index (χ2v) is 6.98. The van der Waals surface area contributed by atoms with Crippen LogP contribution in [-0.4, -0.2) is 32.0 Å². The Hall–Kier alpha value is -2.33. The van der Waals surface area contributed by atoms with Gasteiger partial charge in [-0.15, -0.1) is 10.2 Å². The van der Waals surface area contributed by atoms with Crippen LogP contribution >= 0.6 is 11.8 Å². The van der Waals surface area contributed by atoms with Crippen molar-refractivity contribution in [2.45, 2.75) is 31.5 Å². The Morgan fingerprint density at radius 1 is 1.38 bits per heavy atom. The maximum atomic E-state index is 12.1. The van der Waals surface area contributed by atoms with Gasteiger partial charge in [0, 0.05) is 12.6 Å². The first kappa shape index (κ1) is 18.0. The summed E-state index contributed by atoms with van der Waals surface area (Å²) >= 11 is 1.30. The zero-order valence-corrected chi connectivity index (χ0v) is 15.1. The van der Waals surface area contributed by atoms with Gasteiger partial charge in [0.15, 0.2) is 11.0 Å². The molecule has 0 bridgehead atoms. The molecule has 0 saturated carbocycles. The monoisotopic (exact) mass is 343 g/mol. The Balaban J connectivity index is 2.02. The summed E-state index contributed by atoms with van der Waals surface area (Å²) in [4.78, 5) is 12.1. The molecule has 1 aromatic heterocycles. The smallest absolute Gasteiger partial charge is 0.231 e. The molecule has 1 aromatic carbocycles. The molecule has 0 aliphatic heterocycles. The van der Waals surface area contributed by atoms with Gasteiger partial charge in [-0.05, 0) is 12.8 Å². The van der Waals surface area contributed by atoms with Crippen LogP contribution in [0.15, 0.2) is 35.5 Å². The predicted molar refractivity (Wildman–Crippen MR) is 94.2 cm³/mol. The molecule has 0 aliphatic carbocycles. The zero-order valence-electron chi connectivity index (χ0n) is 14.3. The van der Waals surface area contributed by atoms with Crippen LogP contribution in [0, 0.1) is 17.2 Å². The van der Waals surface area contributed by atoms with Crippen LogP contribution in [0.1, 0.15) is 20.8 Å². The zero-order chi connectivity index (χ0) is 17.7. The molecule has 7 heteroatoms. The van der Waals surface area contributed by atoms with Gasteiger partial charge in [-0.1, -0.05) is 55.9 Å². The third-order valence-corrected chi connectivity index (χ3v) is 5.01. The minimum absolute atomic E-state index is 0.0240. The summed E-state index contributed by atoms with van der Waals surface area (Å²) in [5.41, 5.74) is 0.105. The molecule has 0 aliphatic rings. The van der Waals surface area contributed by atoms with Gasteiger partial charge in [0.25, 0.3) is 0 Å². The normalized spacial score (nSPS) is 13.3. The number of rotatable bonds is 6. The summed E-state index contributed by atoms with van der Waals surface area (Å²) < 4.78 is 1.86. The summed E-state index contributed by atoms with van der Waals surface area (Å²) in [6.07, 6.45) is 0. The van der Waals surface area contributed by atoms with Gasteiger partial charge in [-0.25, -0.2) is 0 Å². The summed E-state index contributed by atoms with van der Waals surface area (Å²) in [5, 5.41) is 21.1. The van der Waals surface area contributed by atoms with Crippen LogP contribution in [0.3, 0.4) is 0 Å². The van der Waals surface area contributed by atoms with E-state index in [1.54, 1.807) is 6.92 Å². The number of amides is 1. The fourth-order valence-electron chi connectivity index (χ4n) is 2.04. The van der Waals surface area contributed by atoms with E-state index < -0.39 is 5.54 Å². The highest BCUT2D eigenvalue weighted by molar-refractivity contribution is 7.99. The highest BCUT2D eigenvalue weighted by Gasteiger charge is 2.30. The largest absolute Gasteiger partial charge is 0.337 e. The molecule has 2 rings (SSSR count). The number of carbonyl (C=O) groups is 1. The van der Waals surface area contributed by atoms with Crippen LogP contribution in [0.4, 0.5) is 0 Å². The van der Waals surface area contributed by atoms with Gasteiger partial charge >= 0.3 is 0 Å². The lowest BCUT2D eigenvalue weighted by Crippen LogP contribution is -2.49. The standard InChI is InChI=1S/C17H21N5OS/c1-12(2)17(3,11-18)19-14(23)10-24-16-21-20-15(22(16)4)13-8-6-5-7-9-13/h5-9,12H,10H2,1-4H3,(H,19,23). The average Bonchev–Trinajstić information content (AvgIpc) is 2.94. The van der Waals surface area contributed by atoms with Crippen LogP contribution in [-0.2, 0) is 11.8 Å². The number of carbonyl (C=O) groups excluding carboxylic acids is 1. The molecule has 0 radical (unpaired) electrons. The molecular formula is C17H21N5OS. The number of hydrogen-bond acceptors (Lipinski definition) is 5. The molecule has 24 heavy (non-hydrogen) atoms. The molecule has 0 fully saturated rings. The summed E-state index contributed by atoms with van der Waals surface area (Å²) in [7, 11) is 1.87. The Bertz CT molecular complexity index is 750. The van der Waals surface area contributed by atoms with Gasteiger partial charge < -0.3 is 9.88 Å². The SMILES string of the molecule is CC(C)C(C)(C#N)NC(=O)CSc1nnc(-c2ccccc2)n1C. The molecule has 126 valence electrons. The van der Waals surface area contributed by atoms with Crippen LogP contribution in [0.2, 0.25) is 0 Å². The molecule has 1 amide bonds. The van der Waals surface area contributed by atoms with Crippen molar-refractivity contribution in [3.8, 4) is 17.5 Å². The minimum Gasteiger partial charge on any atom is -0.337 e. The maximum absolute atomic E-state index is 12.1. The maximum Gasteiger partial charge on any atom is 0.231 e. The molecule has 0 saturated heterocycles. The van der Waals surface area contributed by atoms with E-state index in [4.69, 9.17) is 0 Å². The number of benzene rings is 1. The Labute approximate surface area is 146 Å². The topological polar surface area (TPSA) is 83.6 Å². The lowest BCUT2D eigenvalue weighted by molar-refractivity contribution is -0.120. The quantitative estimate of drug-likeness (QED) is 0.815. The number of aromatic nitrogens is 3. The first-order chi connectivity index (χ1) is 11.4. The van der Waals surface area contributed by atoms with Gasteiger partial charge in [-0.2, -0.15) is 5.26 Å². The van der Waals surface area contributed by atoms with E-state index >= 15 is 0 Å². The Morgan fingerprint density at radius 3 is 2.62 bits per heavy atom. The van der Waals surface area contributed by atoms with Gasteiger partial charge in [0.2, 0.25) is 5.91 Å². The van der Waals surface area contributed by atoms with Crippen LogP contribution in [0.5, 0.6) is 0 Å². The minimum atomic E-state index is -0.868. The second kappa shape index (κ2) is 7.49. The molecule has 2 aromatic rings. The molecule has 1 unspecified atom stereocenters. The fourth-order valence-corrected chi connectivity index (χ4v) is 2.75. The number of nitrogens with zero attached hydrogens (tertiary/aromatic N) is 4. The molecule has 1 atom stereocenters. The first-order valence-corrected chi connectivity index (χ1v) is 8.66. The van der Waals surface area contributed by atoms with Crippen molar-refractivity contribution in [3.05, 3.63) is 30.3 Å². The first-order valence-electron chi connectivity index (χ1n) is 7.67. The number of nitrogens with one attached hydrogen (secondary N) is 1. The summed E-state index contributed by atoms with van der Waals surface area (Å²) in [5.74, 6) is 0.769. The van der Waals surface area contributed by atoms with E-state index in [-0.39, 0.29) is 17.6 Å². The third kappa shape index (κ3) is 3.95. The lowest BCUT2D eigenvalue weighted by atomic mass is 9.90. The van der Waals surface area contributed by atoms with Crippen molar-refractivity contribution in [2.24, 2.45) is 13.0 Å². The molecule has 1 N–H and O–H groups in total. The van der Waals surface area contributed by atoms with Crippen LogP contribution in [0.25, 0.3) is 11.4 Å². The van der Waals surface area contributed by atoms with Gasteiger partial charge in [0.05, 0.1) is 11.8 Å². The number of hydrogen-bond donors (Lipinski definition) is 1.